The summed E-state index contributed by atoms with van der Waals surface area (Å²) in [5.74, 6) is -2.98. The number of carbonyl (C=O) groups excluding carboxylic acids is 2. The first-order chi connectivity index (χ1) is 12.4. The fourth-order valence-electron chi connectivity index (χ4n) is 2.92. The van der Waals surface area contributed by atoms with Crippen LogP contribution in [0.1, 0.15) is 17.5 Å². The summed E-state index contributed by atoms with van der Waals surface area (Å²) in [6, 6.07) is 8.49. The first kappa shape index (κ1) is 18.0. The van der Waals surface area contributed by atoms with Crippen molar-refractivity contribution in [3.05, 3.63) is 71.0 Å². The molecule has 2 aromatic rings. The van der Waals surface area contributed by atoms with Gasteiger partial charge < -0.3 is 10.2 Å². The number of benzene rings is 2. The second-order valence-corrected chi connectivity index (χ2v) is 6.22. The number of nitrogens with zero attached hydrogens (tertiary/aromatic N) is 1. The Morgan fingerprint density at radius 3 is 2.42 bits per heavy atom. The molecule has 0 spiro atoms. The zero-order chi connectivity index (χ0) is 18.7. The maximum absolute atomic E-state index is 13.2. The molecule has 4 nitrogen and oxygen atoms in total. The van der Waals surface area contributed by atoms with Crippen molar-refractivity contribution in [1.29, 1.82) is 0 Å². The number of rotatable bonds is 5. The molecule has 0 saturated carbocycles. The Labute approximate surface area is 148 Å². The van der Waals surface area contributed by atoms with Gasteiger partial charge in [-0.25, -0.2) is 13.2 Å². The molecule has 7 heteroatoms. The van der Waals surface area contributed by atoms with Gasteiger partial charge >= 0.3 is 0 Å². The van der Waals surface area contributed by atoms with Crippen LogP contribution in [0.2, 0.25) is 0 Å². The molecule has 3 rings (SSSR count). The minimum absolute atomic E-state index is 0.140. The second-order valence-electron chi connectivity index (χ2n) is 6.22. The molecule has 1 saturated heterocycles. The molecule has 1 heterocycles. The highest BCUT2D eigenvalue weighted by Gasteiger charge is 2.32. The first-order valence-electron chi connectivity index (χ1n) is 8.19. The van der Waals surface area contributed by atoms with Gasteiger partial charge in [0.05, 0.1) is 6.42 Å². The van der Waals surface area contributed by atoms with Crippen molar-refractivity contribution in [1.82, 2.24) is 10.2 Å². The second kappa shape index (κ2) is 7.59. The van der Waals surface area contributed by atoms with E-state index in [1.54, 1.807) is 17.0 Å². The van der Waals surface area contributed by atoms with E-state index in [1.165, 1.54) is 18.2 Å². The summed E-state index contributed by atoms with van der Waals surface area (Å²) >= 11 is 0. The van der Waals surface area contributed by atoms with Gasteiger partial charge in [-0.1, -0.05) is 18.2 Å². The molecule has 0 unspecified atom stereocenters. The van der Waals surface area contributed by atoms with E-state index in [4.69, 9.17) is 0 Å². The van der Waals surface area contributed by atoms with Gasteiger partial charge in [-0.05, 0) is 41.8 Å². The van der Waals surface area contributed by atoms with Crippen LogP contribution in [-0.2, 0) is 22.6 Å². The van der Waals surface area contributed by atoms with Gasteiger partial charge in [-0.3, -0.25) is 9.59 Å². The van der Waals surface area contributed by atoms with Crippen molar-refractivity contribution in [2.45, 2.75) is 25.4 Å². The van der Waals surface area contributed by atoms with Crippen molar-refractivity contribution >= 4 is 11.8 Å². The van der Waals surface area contributed by atoms with Crippen LogP contribution in [0.25, 0.3) is 0 Å². The van der Waals surface area contributed by atoms with Crippen LogP contribution in [0.4, 0.5) is 13.2 Å². The van der Waals surface area contributed by atoms with Crippen LogP contribution in [0.15, 0.2) is 42.5 Å². The van der Waals surface area contributed by atoms with E-state index in [9.17, 15) is 22.8 Å². The molecule has 1 aliphatic heterocycles. The topological polar surface area (TPSA) is 49.4 Å². The highest BCUT2D eigenvalue weighted by Crippen LogP contribution is 2.16. The van der Waals surface area contributed by atoms with E-state index >= 15 is 0 Å². The minimum atomic E-state index is -1.02. The summed E-state index contributed by atoms with van der Waals surface area (Å²) in [7, 11) is 0. The lowest BCUT2D eigenvalue weighted by atomic mass is 10.1. The largest absolute Gasteiger partial charge is 0.344 e. The van der Waals surface area contributed by atoms with E-state index in [2.05, 4.69) is 5.32 Å². The molecule has 1 fully saturated rings. The molecule has 1 aliphatic rings. The van der Waals surface area contributed by atoms with Crippen molar-refractivity contribution in [3.63, 3.8) is 0 Å². The number of hydrogen-bond donors (Lipinski definition) is 1. The molecule has 2 amide bonds. The molecule has 136 valence electrons. The van der Waals surface area contributed by atoms with E-state index in [1.807, 2.05) is 0 Å². The van der Waals surface area contributed by atoms with E-state index in [-0.39, 0.29) is 18.1 Å². The molecule has 26 heavy (non-hydrogen) atoms. The average molecular weight is 362 g/mol. The Bertz CT molecular complexity index is 824. The van der Waals surface area contributed by atoms with Gasteiger partial charge in [0.1, 0.15) is 11.9 Å². The molecular weight excluding hydrogens is 345 g/mol. The third kappa shape index (κ3) is 4.22. The monoisotopic (exact) mass is 362 g/mol. The fourth-order valence-corrected chi connectivity index (χ4v) is 2.92. The summed E-state index contributed by atoms with van der Waals surface area (Å²) in [5, 5.41) is 2.63. The normalized spacial score (nSPS) is 16.8. The van der Waals surface area contributed by atoms with Crippen molar-refractivity contribution in [2.75, 3.05) is 6.54 Å². The minimum Gasteiger partial charge on any atom is -0.344 e. The number of carbonyl (C=O) groups is 2. The zero-order valence-electron chi connectivity index (χ0n) is 13.8. The predicted octanol–water partition coefficient (Wildman–Crippen LogP) is 2.56. The highest BCUT2D eigenvalue weighted by molar-refractivity contribution is 5.89. The third-order valence-electron chi connectivity index (χ3n) is 4.27. The number of likely N-dealkylation sites (tertiary alicyclic amines) is 1. The quantitative estimate of drug-likeness (QED) is 0.889. The first-order valence-corrected chi connectivity index (χ1v) is 8.19. The van der Waals surface area contributed by atoms with Crippen molar-refractivity contribution < 1.29 is 22.8 Å². The van der Waals surface area contributed by atoms with Crippen LogP contribution >= 0.6 is 0 Å². The maximum atomic E-state index is 13.2. The molecule has 0 radical (unpaired) electrons. The van der Waals surface area contributed by atoms with Crippen LogP contribution < -0.4 is 5.32 Å². The van der Waals surface area contributed by atoms with E-state index in [0.29, 0.717) is 25.1 Å². The molecule has 1 atom stereocenters. The van der Waals surface area contributed by atoms with Gasteiger partial charge in [0.2, 0.25) is 11.8 Å². The van der Waals surface area contributed by atoms with Gasteiger partial charge in [0.15, 0.2) is 11.6 Å². The molecule has 2 aromatic carbocycles. The highest BCUT2D eigenvalue weighted by atomic mass is 19.2. The van der Waals surface area contributed by atoms with Crippen LogP contribution in [0.5, 0.6) is 0 Å². The lowest BCUT2D eigenvalue weighted by Gasteiger charge is -2.17. The molecule has 1 N–H and O–H groups in total. The lowest BCUT2D eigenvalue weighted by molar-refractivity contribution is -0.132. The molecule has 0 bridgehead atoms. The Balaban J connectivity index is 1.55. The summed E-state index contributed by atoms with van der Waals surface area (Å²) in [6.07, 6.45) is 0.322. The van der Waals surface area contributed by atoms with E-state index < -0.39 is 23.6 Å². The Kier molecular flexibility index (Phi) is 5.25. The smallest absolute Gasteiger partial charge is 0.245 e. The molecule has 0 aromatic heterocycles. The van der Waals surface area contributed by atoms with Crippen molar-refractivity contribution in [3.8, 4) is 0 Å². The van der Waals surface area contributed by atoms with Crippen LogP contribution in [0.3, 0.4) is 0 Å². The standard InChI is InChI=1S/C19H17F3N2O2/c20-14-4-1-12(2-5-14)11-24-8-7-17(19(24)26)23-18(25)10-13-3-6-15(21)16(22)9-13/h1-6,9,17H,7-8,10-11H2,(H,23,25)/t17-/m1/s1. The average Bonchev–Trinajstić information content (AvgIpc) is 2.93. The van der Waals surface area contributed by atoms with Crippen molar-refractivity contribution in [2.24, 2.45) is 0 Å². The SMILES string of the molecule is O=C(Cc1ccc(F)c(F)c1)N[C@@H]1CCN(Cc2ccc(F)cc2)C1=O. The Hall–Kier alpha value is -2.83. The Morgan fingerprint density at radius 2 is 1.73 bits per heavy atom. The van der Waals surface area contributed by atoms with Gasteiger partial charge in [0, 0.05) is 13.1 Å². The van der Waals surface area contributed by atoms with Crippen LogP contribution in [-0.4, -0.2) is 29.3 Å². The molecular formula is C19H17F3N2O2. The molecule has 0 aliphatic carbocycles. The summed E-state index contributed by atoms with van der Waals surface area (Å²) in [4.78, 5) is 26.1. The predicted molar refractivity (Wildman–Crippen MR) is 88.4 cm³/mol. The summed E-state index contributed by atoms with van der Waals surface area (Å²) in [6.45, 7) is 0.820. The maximum Gasteiger partial charge on any atom is 0.245 e. The number of nitrogens with one attached hydrogen (secondary N) is 1. The summed E-state index contributed by atoms with van der Waals surface area (Å²) in [5.41, 5.74) is 1.13. The Morgan fingerprint density at radius 1 is 1.04 bits per heavy atom. The van der Waals surface area contributed by atoms with Gasteiger partial charge in [-0.15, -0.1) is 0 Å². The number of hydrogen-bond acceptors (Lipinski definition) is 2. The van der Waals surface area contributed by atoms with Crippen LogP contribution in [0, 0.1) is 17.5 Å². The van der Waals surface area contributed by atoms with E-state index in [0.717, 1.165) is 17.7 Å². The third-order valence-corrected chi connectivity index (χ3v) is 4.27. The zero-order valence-corrected chi connectivity index (χ0v) is 13.8. The lowest BCUT2D eigenvalue weighted by Crippen LogP contribution is -2.41. The fraction of sp³-hybridized carbons (Fsp3) is 0.263. The number of amides is 2. The summed E-state index contributed by atoms with van der Waals surface area (Å²) < 4.78 is 39.0. The van der Waals surface area contributed by atoms with Gasteiger partial charge in [-0.2, -0.15) is 0 Å². The van der Waals surface area contributed by atoms with Gasteiger partial charge in [0.25, 0.3) is 0 Å². The number of halogens is 3.